The first-order chi connectivity index (χ1) is 14.6. The number of nitrogens with one attached hydrogen (secondary N) is 1. The first-order valence-corrected chi connectivity index (χ1v) is 10.2. The number of rotatable bonds is 5. The molecule has 1 amide bonds. The Hall–Kier alpha value is -3.18. The molecule has 0 spiro atoms. The van der Waals surface area contributed by atoms with E-state index < -0.39 is 6.04 Å². The summed E-state index contributed by atoms with van der Waals surface area (Å²) >= 11 is 0. The molecule has 5 nitrogen and oxygen atoms in total. The van der Waals surface area contributed by atoms with Crippen LogP contribution in [-0.4, -0.2) is 36.5 Å². The summed E-state index contributed by atoms with van der Waals surface area (Å²) in [5, 5.41) is 5.38. The van der Waals surface area contributed by atoms with Gasteiger partial charge in [0, 0.05) is 6.54 Å². The summed E-state index contributed by atoms with van der Waals surface area (Å²) in [6.45, 7) is 2.68. The average Bonchev–Trinajstić information content (AvgIpc) is 2.77. The fourth-order valence-electron chi connectivity index (χ4n) is 4.29. The number of carbonyl (C=O) groups is 2. The standard InChI is InChI=1S/C25H26N2O3/c1-17(21-13-7-11-18-8-5-6-12-22(18)21)26-24(28)16-27-15-20-10-4-3-9-19(20)14-23(27)25(29)30-2/h3-13,17,23H,14-16H2,1-2H3,(H,26,28)/t17-,23+/m0/s1. The number of hydrogen-bond acceptors (Lipinski definition) is 4. The van der Waals surface area contributed by atoms with Gasteiger partial charge in [-0.3, -0.25) is 14.5 Å². The van der Waals surface area contributed by atoms with Crippen molar-refractivity contribution < 1.29 is 14.3 Å². The molecule has 1 aliphatic heterocycles. The van der Waals surface area contributed by atoms with E-state index in [-0.39, 0.29) is 24.5 Å². The SMILES string of the molecule is COC(=O)[C@H]1Cc2ccccc2CN1CC(=O)N[C@@H](C)c1cccc2ccccc12. The summed E-state index contributed by atoms with van der Waals surface area (Å²) in [6.07, 6.45) is 0.551. The third-order valence-corrected chi connectivity index (χ3v) is 5.83. The van der Waals surface area contributed by atoms with Crippen molar-refractivity contribution in [3.63, 3.8) is 0 Å². The maximum atomic E-state index is 12.9. The van der Waals surface area contributed by atoms with Gasteiger partial charge in [0.25, 0.3) is 0 Å². The summed E-state index contributed by atoms with van der Waals surface area (Å²) in [5.41, 5.74) is 3.36. The number of hydrogen-bond donors (Lipinski definition) is 1. The fourth-order valence-corrected chi connectivity index (χ4v) is 4.29. The van der Waals surface area contributed by atoms with Crippen LogP contribution in [0.4, 0.5) is 0 Å². The van der Waals surface area contributed by atoms with Crippen LogP contribution in [0.3, 0.4) is 0 Å². The second kappa shape index (κ2) is 8.67. The Balaban J connectivity index is 1.50. The lowest BCUT2D eigenvalue weighted by Gasteiger charge is -2.34. The van der Waals surface area contributed by atoms with E-state index in [0.29, 0.717) is 13.0 Å². The van der Waals surface area contributed by atoms with Gasteiger partial charge >= 0.3 is 5.97 Å². The second-order valence-electron chi connectivity index (χ2n) is 7.77. The van der Waals surface area contributed by atoms with E-state index in [2.05, 4.69) is 23.5 Å². The fraction of sp³-hybridized carbons (Fsp3) is 0.280. The minimum Gasteiger partial charge on any atom is -0.468 e. The first kappa shape index (κ1) is 20.1. The molecule has 1 N–H and O–H groups in total. The van der Waals surface area contributed by atoms with Crippen molar-refractivity contribution in [2.45, 2.75) is 32.0 Å². The van der Waals surface area contributed by atoms with Crippen LogP contribution < -0.4 is 5.32 Å². The van der Waals surface area contributed by atoms with Gasteiger partial charge in [-0.05, 0) is 40.8 Å². The largest absolute Gasteiger partial charge is 0.468 e. The predicted molar refractivity (Wildman–Crippen MR) is 117 cm³/mol. The van der Waals surface area contributed by atoms with Crippen molar-refractivity contribution in [1.29, 1.82) is 0 Å². The molecule has 0 aliphatic carbocycles. The maximum Gasteiger partial charge on any atom is 0.323 e. The summed E-state index contributed by atoms with van der Waals surface area (Å²) in [4.78, 5) is 27.2. The number of benzene rings is 3. The molecule has 0 unspecified atom stereocenters. The van der Waals surface area contributed by atoms with E-state index in [1.165, 1.54) is 7.11 Å². The Labute approximate surface area is 176 Å². The summed E-state index contributed by atoms with van der Waals surface area (Å²) < 4.78 is 5.00. The van der Waals surface area contributed by atoms with Gasteiger partial charge in [-0.1, -0.05) is 66.7 Å². The minimum absolute atomic E-state index is 0.108. The number of esters is 1. The highest BCUT2D eigenvalue weighted by Gasteiger charge is 2.33. The number of carbonyl (C=O) groups excluding carboxylic acids is 2. The Morgan fingerprint density at radius 2 is 1.73 bits per heavy atom. The maximum absolute atomic E-state index is 12.9. The molecule has 0 radical (unpaired) electrons. The number of nitrogens with zero attached hydrogens (tertiary/aromatic N) is 1. The summed E-state index contributed by atoms with van der Waals surface area (Å²) in [7, 11) is 1.39. The number of fused-ring (bicyclic) bond motifs is 2. The van der Waals surface area contributed by atoms with Crippen molar-refractivity contribution in [3.05, 3.63) is 83.4 Å². The van der Waals surface area contributed by atoms with Crippen LogP contribution in [-0.2, 0) is 27.3 Å². The third-order valence-electron chi connectivity index (χ3n) is 5.83. The lowest BCUT2D eigenvalue weighted by Crippen LogP contribution is -2.50. The zero-order chi connectivity index (χ0) is 21.1. The minimum atomic E-state index is -0.455. The average molecular weight is 402 g/mol. The molecule has 1 aliphatic rings. The van der Waals surface area contributed by atoms with Crippen molar-refractivity contribution in [2.24, 2.45) is 0 Å². The van der Waals surface area contributed by atoms with Crippen LogP contribution in [0.15, 0.2) is 66.7 Å². The Bertz CT molecular complexity index is 1070. The molecular formula is C25H26N2O3. The Morgan fingerprint density at radius 3 is 2.53 bits per heavy atom. The zero-order valence-electron chi connectivity index (χ0n) is 17.3. The molecule has 0 bridgehead atoms. The monoisotopic (exact) mass is 402 g/mol. The molecule has 1 heterocycles. The molecule has 0 saturated carbocycles. The van der Waals surface area contributed by atoms with E-state index in [1.54, 1.807) is 0 Å². The summed E-state index contributed by atoms with van der Waals surface area (Å²) in [5.74, 6) is -0.414. The van der Waals surface area contributed by atoms with Gasteiger partial charge in [-0.25, -0.2) is 0 Å². The number of methoxy groups -OCH3 is 1. The Kier molecular flexibility index (Phi) is 5.81. The Morgan fingerprint density at radius 1 is 1.03 bits per heavy atom. The molecule has 30 heavy (non-hydrogen) atoms. The van der Waals surface area contributed by atoms with E-state index in [1.807, 2.05) is 60.4 Å². The van der Waals surface area contributed by atoms with Crippen LogP contribution in [0.2, 0.25) is 0 Å². The third kappa shape index (κ3) is 4.07. The molecule has 154 valence electrons. The molecule has 3 aromatic rings. The number of ether oxygens (including phenoxy) is 1. The normalized spacial score (nSPS) is 17.2. The molecule has 0 fully saturated rings. The van der Waals surface area contributed by atoms with Gasteiger partial charge in [0.15, 0.2) is 0 Å². The van der Waals surface area contributed by atoms with Gasteiger partial charge < -0.3 is 10.1 Å². The molecule has 0 saturated heterocycles. The quantitative estimate of drug-likeness (QED) is 0.663. The molecule has 2 atom stereocenters. The molecule has 5 heteroatoms. The van der Waals surface area contributed by atoms with E-state index in [0.717, 1.165) is 27.5 Å². The van der Waals surface area contributed by atoms with E-state index in [4.69, 9.17) is 4.74 Å². The van der Waals surface area contributed by atoms with E-state index in [9.17, 15) is 9.59 Å². The van der Waals surface area contributed by atoms with Crippen molar-refractivity contribution in [3.8, 4) is 0 Å². The molecule has 0 aromatic heterocycles. The lowest BCUT2D eigenvalue weighted by molar-refractivity contribution is -0.148. The van der Waals surface area contributed by atoms with Crippen LogP contribution >= 0.6 is 0 Å². The summed E-state index contributed by atoms with van der Waals surface area (Å²) in [6, 6.07) is 21.7. The highest BCUT2D eigenvalue weighted by Crippen LogP contribution is 2.26. The zero-order valence-corrected chi connectivity index (χ0v) is 17.3. The van der Waals surface area contributed by atoms with Gasteiger partial charge in [0.1, 0.15) is 6.04 Å². The second-order valence-corrected chi connectivity index (χ2v) is 7.77. The smallest absolute Gasteiger partial charge is 0.323 e. The van der Waals surface area contributed by atoms with Crippen LogP contribution in [0.1, 0.15) is 29.7 Å². The van der Waals surface area contributed by atoms with Gasteiger partial charge in [0.05, 0.1) is 19.7 Å². The highest BCUT2D eigenvalue weighted by molar-refractivity contribution is 5.87. The van der Waals surface area contributed by atoms with Crippen LogP contribution in [0, 0.1) is 0 Å². The van der Waals surface area contributed by atoms with Gasteiger partial charge in [-0.15, -0.1) is 0 Å². The van der Waals surface area contributed by atoms with Crippen molar-refractivity contribution >= 4 is 22.6 Å². The first-order valence-electron chi connectivity index (χ1n) is 10.2. The number of amides is 1. The van der Waals surface area contributed by atoms with Crippen LogP contribution in [0.25, 0.3) is 10.8 Å². The van der Waals surface area contributed by atoms with Gasteiger partial charge in [-0.2, -0.15) is 0 Å². The van der Waals surface area contributed by atoms with Gasteiger partial charge in [0.2, 0.25) is 5.91 Å². The highest BCUT2D eigenvalue weighted by atomic mass is 16.5. The lowest BCUT2D eigenvalue weighted by atomic mass is 9.94. The van der Waals surface area contributed by atoms with Crippen LogP contribution in [0.5, 0.6) is 0 Å². The van der Waals surface area contributed by atoms with Crippen molar-refractivity contribution in [2.75, 3.05) is 13.7 Å². The molecule has 4 rings (SSSR count). The van der Waals surface area contributed by atoms with Crippen molar-refractivity contribution in [1.82, 2.24) is 10.2 Å². The van der Waals surface area contributed by atoms with E-state index >= 15 is 0 Å². The topological polar surface area (TPSA) is 58.6 Å². The predicted octanol–water partition coefficient (Wildman–Crippen LogP) is 3.62. The molecular weight excluding hydrogens is 376 g/mol. The molecule has 3 aromatic carbocycles.